The topological polar surface area (TPSA) is 68.9 Å². The average Bonchev–Trinajstić information content (AvgIpc) is 2.84. The zero-order valence-electron chi connectivity index (χ0n) is 9.20. The molecule has 0 unspecified atom stereocenters. The molecular formula is C12H8N4OS. The van der Waals surface area contributed by atoms with Crippen LogP contribution in [0.25, 0.3) is 6.08 Å². The highest BCUT2D eigenvalue weighted by atomic mass is 32.2. The van der Waals surface area contributed by atoms with Gasteiger partial charge in [0.2, 0.25) is 5.17 Å². The van der Waals surface area contributed by atoms with E-state index in [1.54, 1.807) is 6.08 Å². The number of benzene rings is 1. The minimum atomic E-state index is -0.395. The van der Waals surface area contributed by atoms with Crippen molar-refractivity contribution in [2.75, 3.05) is 0 Å². The highest BCUT2D eigenvalue weighted by Crippen LogP contribution is 2.24. The molecule has 0 fully saturated rings. The van der Waals surface area contributed by atoms with Crippen LogP contribution in [0.1, 0.15) is 5.56 Å². The number of nitrogens with one attached hydrogen (secondary N) is 1. The second-order valence-electron chi connectivity index (χ2n) is 3.70. The van der Waals surface area contributed by atoms with Crippen LogP contribution in [-0.4, -0.2) is 28.1 Å². The summed E-state index contributed by atoms with van der Waals surface area (Å²) in [5.41, 5.74) is 1.15. The molecule has 5 nitrogen and oxygen atoms in total. The van der Waals surface area contributed by atoms with Gasteiger partial charge in [0.15, 0.2) is 0 Å². The lowest BCUT2D eigenvalue weighted by Crippen LogP contribution is -2.38. The highest BCUT2D eigenvalue weighted by Gasteiger charge is 2.31. The summed E-state index contributed by atoms with van der Waals surface area (Å²) in [6, 6.07) is 9.41. The van der Waals surface area contributed by atoms with Crippen molar-refractivity contribution < 1.29 is 4.79 Å². The predicted octanol–water partition coefficient (Wildman–Crippen LogP) is 1.94. The average molecular weight is 256 g/mol. The zero-order valence-corrected chi connectivity index (χ0v) is 10.0. The van der Waals surface area contributed by atoms with Gasteiger partial charge in [0.25, 0.3) is 5.91 Å². The monoisotopic (exact) mass is 256 g/mol. The van der Waals surface area contributed by atoms with Gasteiger partial charge in [-0.1, -0.05) is 30.3 Å². The molecule has 6 heteroatoms. The van der Waals surface area contributed by atoms with Gasteiger partial charge in [-0.3, -0.25) is 15.1 Å². The first-order valence-corrected chi connectivity index (χ1v) is 6.01. The van der Waals surface area contributed by atoms with Gasteiger partial charge in [-0.2, -0.15) is 9.39 Å². The van der Waals surface area contributed by atoms with Crippen LogP contribution >= 0.6 is 11.9 Å². The third-order valence-electron chi connectivity index (χ3n) is 2.54. The van der Waals surface area contributed by atoms with Crippen molar-refractivity contribution >= 4 is 41.3 Å². The van der Waals surface area contributed by atoms with Crippen molar-refractivity contribution in [2.45, 2.75) is 0 Å². The largest absolute Gasteiger partial charge is 0.283 e. The van der Waals surface area contributed by atoms with Crippen LogP contribution in [0, 0.1) is 5.41 Å². The van der Waals surface area contributed by atoms with Crippen molar-refractivity contribution in [3.63, 3.8) is 0 Å². The van der Waals surface area contributed by atoms with Crippen LogP contribution < -0.4 is 0 Å². The molecule has 0 radical (unpaired) electrons. The molecular weight excluding hydrogens is 248 g/mol. The smallest absolute Gasteiger partial charge is 0.283 e. The molecule has 3 rings (SSSR count). The molecule has 0 spiro atoms. The standard InChI is InChI=1S/C12H8N4OS/c13-10-9(6-8-4-2-1-3-5-8)11(17)15-12-16(10)7-14-18-12/h1-7,13H/b9-6-,13-10?. The second-order valence-corrected chi connectivity index (χ2v) is 4.46. The molecule has 2 aliphatic heterocycles. The van der Waals surface area contributed by atoms with E-state index in [9.17, 15) is 4.79 Å². The van der Waals surface area contributed by atoms with Crippen LogP contribution in [0.5, 0.6) is 0 Å². The Morgan fingerprint density at radius 1 is 1.28 bits per heavy atom. The molecule has 0 aromatic heterocycles. The molecule has 0 saturated carbocycles. The Morgan fingerprint density at radius 3 is 2.83 bits per heavy atom. The summed E-state index contributed by atoms with van der Waals surface area (Å²) >= 11 is 1.10. The maximum atomic E-state index is 11.9. The number of carbonyl (C=O) groups excluding carboxylic acids is 1. The number of aliphatic imine (C=N–C) groups is 1. The Labute approximate surface area is 108 Å². The summed E-state index contributed by atoms with van der Waals surface area (Å²) in [5.74, 6) is -0.282. The lowest BCUT2D eigenvalue weighted by Gasteiger charge is -2.20. The SMILES string of the molecule is N=C1/C(=C/c2ccccc2)C(=O)N=C2SN=CN12. The summed E-state index contributed by atoms with van der Waals surface area (Å²) in [5, 5.41) is 8.44. The number of carbonyl (C=O) groups is 1. The fourth-order valence-electron chi connectivity index (χ4n) is 1.66. The van der Waals surface area contributed by atoms with Gasteiger partial charge in [-0.05, 0) is 11.6 Å². The third kappa shape index (κ3) is 1.76. The number of hydrogen-bond acceptors (Lipinski definition) is 4. The first-order valence-electron chi connectivity index (χ1n) is 5.24. The van der Waals surface area contributed by atoms with Crippen LogP contribution in [0.3, 0.4) is 0 Å². The number of amides is 1. The molecule has 1 aromatic rings. The Hall–Kier alpha value is -2.21. The van der Waals surface area contributed by atoms with Gasteiger partial charge in [0.05, 0.1) is 17.5 Å². The maximum absolute atomic E-state index is 11.9. The second kappa shape index (κ2) is 4.23. The molecule has 2 heterocycles. The number of rotatable bonds is 1. The maximum Gasteiger partial charge on any atom is 0.283 e. The predicted molar refractivity (Wildman–Crippen MR) is 72.5 cm³/mol. The van der Waals surface area contributed by atoms with E-state index in [1.165, 1.54) is 11.2 Å². The number of amidine groups is 2. The molecule has 1 amide bonds. The number of fused-ring (bicyclic) bond motifs is 1. The van der Waals surface area contributed by atoms with E-state index < -0.39 is 5.91 Å². The van der Waals surface area contributed by atoms with Gasteiger partial charge in [0, 0.05) is 0 Å². The molecule has 0 atom stereocenters. The fraction of sp³-hybridized carbons (Fsp3) is 0. The van der Waals surface area contributed by atoms with E-state index in [0.29, 0.717) is 5.17 Å². The molecule has 0 aliphatic carbocycles. The van der Waals surface area contributed by atoms with Gasteiger partial charge in [0.1, 0.15) is 12.2 Å². The Morgan fingerprint density at radius 2 is 2.06 bits per heavy atom. The van der Waals surface area contributed by atoms with Crippen molar-refractivity contribution in [1.82, 2.24) is 4.90 Å². The Kier molecular flexibility index (Phi) is 2.56. The molecule has 1 aromatic carbocycles. The van der Waals surface area contributed by atoms with E-state index in [0.717, 1.165) is 17.5 Å². The summed E-state index contributed by atoms with van der Waals surface area (Å²) in [7, 11) is 0. The lowest BCUT2D eigenvalue weighted by molar-refractivity contribution is -0.114. The van der Waals surface area contributed by atoms with Crippen molar-refractivity contribution in [3.8, 4) is 0 Å². The first-order chi connectivity index (χ1) is 8.75. The summed E-state index contributed by atoms with van der Waals surface area (Å²) in [4.78, 5) is 17.3. The molecule has 1 N–H and O–H groups in total. The Balaban J connectivity index is 2.03. The fourth-order valence-corrected chi connectivity index (χ4v) is 2.25. The summed E-state index contributed by atoms with van der Waals surface area (Å²) in [6.07, 6.45) is 3.17. The van der Waals surface area contributed by atoms with Crippen LogP contribution in [0.2, 0.25) is 0 Å². The normalized spacial score (nSPS) is 20.3. The number of nitrogens with zero attached hydrogens (tertiary/aromatic N) is 3. The van der Waals surface area contributed by atoms with Crippen LogP contribution in [0.4, 0.5) is 0 Å². The van der Waals surface area contributed by atoms with Crippen molar-refractivity contribution in [3.05, 3.63) is 41.5 Å². The highest BCUT2D eigenvalue weighted by molar-refractivity contribution is 8.13. The lowest BCUT2D eigenvalue weighted by atomic mass is 10.1. The summed E-state index contributed by atoms with van der Waals surface area (Å²) < 4.78 is 3.92. The quantitative estimate of drug-likeness (QED) is 0.616. The van der Waals surface area contributed by atoms with Gasteiger partial charge >= 0.3 is 0 Å². The molecule has 2 aliphatic rings. The van der Waals surface area contributed by atoms with E-state index >= 15 is 0 Å². The van der Waals surface area contributed by atoms with Gasteiger partial charge in [-0.15, -0.1) is 0 Å². The molecule has 0 saturated heterocycles. The van der Waals surface area contributed by atoms with Crippen LogP contribution in [-0.2, 0) is 4.79 Å². The van der Waals surface area contributed by atoms with Crippen molar-refractivity contribution in [2.24, 2.45) is 9.39 Å². The Bertz CT molecular complexity index is 618. The molecule has 18 heavy (non-hydrogen) atoms. The number of hydrogen-bond donors (Lipinski definition) is 1. The van der Waals surface area contributed by atoms with Crippen LogP contribution in [0.15, 0.2) is 45.3 Å². The van der Waals surface area contributed by atoms with E-state index in [4.69, 9.17) is 5.41 Å². The zero-order chi connectivity index (χ0) is 12.5. The van der Waals surface area contributed by atoms with E-state index in [2.05, 4.69) is 9.39 Å². The van der Waals surface area contributed by atoms with E-state index in [-0.39, 0.29) is 11.4 Å². The van der Waals surface area contributed by atoms with Crippen molar-refractivity contribution in [1.29, 1.82) is 5.41 Å². The van der Waals surface area contributed by atoms with Gasteiger partial charge < -0.3 is 0 Å². The minimum absolute atomic E-state index is 0.114. The molecule has 0 bridgehead atoms. The summed E-state index contributed by atoms with van der Waals surface area (Å²) in [6.45, 7) is 0. The molecule has 88 valence electrons. The third-order valence-corrected chi connectivity index (χ3v) is 3.19. The minimum Gasteiger partial charge on any atom is -0.283 e. The van der Waals surface area contributed by atoms with E-state index in [1.807, 2.05) is 30.3 Å². The first kappa shape index (κ1) is 10.9. The van der Waals surface area contributed by atoms with Gasteiger partial charge in [-0.25, -0.2) is 0 Å².